The van der Waals surface area contributed by atoms with Gasteiger partial charge in [-0.3, -0.25) is 4.79 Å². The molecule has 2 aromatic rings. The van der Waals surface area contributed by atoms with Crippen molar-refractivity contribution in [3.8, 4) is 6.07 Å². The molecule has 0 spiro atoms. The Kier molecular flexibility index (Phi) is 4.83. The van der Waals surface area contributed by atoms with Gasteiger partial charge in [0.05, 0.1) is 0 Å². The molecule has 0 aliphatic rings. The average Bonchev–Trinajstić information content (AvgIpc) is 2.55. The van der Waals surface area contributed by atoms with E-state index in [0.29, 0.717) is 24.3 Å². The summed E-state index contributed by atoms with van der Waals surface area (Å²) < 4.78 is 0. The molecule has 0 unspecified atom stereocenters. The number of amides is 1. The minimum atomic E-state index is -0.106. The SMILES string of the molecule is CNC(=O)c1cccc(CCNc2nccnc2C#N)c1. The summed E-state index contributed by atoms with van der Waals surface area (Å²) in [7, 11) is 1.61. The first kappa shape index (κ1) is 14.5. The van der Waals surface area contributed by atoms with E-state index in [2.05, 4.69) is 20.6 Å². The zero-order chi connectivity index (χ0) is 15.1. The number of rotatable bonds is 5. The molecule has 1 heterocycles. The van der Waals surface area contributed by atoms with E-state index < -0.39 is 0 Å². The number of anilines is 1. The average molecular weight is 281 g/mol. The van der Waals surface area contributed by atoms with Crippen LogP contribution in [0, 0.1) is 11.3 Å². The summed E-state index contributed by atoms with van der Waals surface area (Å²) in [6, 6.07) is 9.41. The molecule has 6 nitrogen and oxygen atoms in total. The summed E-state index contributed by atoms with van der Waals surface area (Å²) >= 11 is 0. The van der Waals surface area contributed by atoms with Crippen molar-refractivity contribution in [3.05, 3.63) is 53.5 Å². The quantitative estimate of drug-likeness (QED) is 0.863. The van der Waals surface area contributed by atoms with Crippen molar-refractivity contribution in [2.75, 3.05) is 18.9 Å². The maximum atomic E-state index is 11.6. The van der Waals surface area contributed by atoms with E-state index in [1.165, 1.54) is 12.4 Å². The van der Waals surface area contributed by atoms with Crippen LogP contribution in [0.5, 0.6) is 0 Å². The van der Waals surface area contributed by atoms with Crippen molar-refractivity contribution >= 4 is 11.7 Å². The molecule has 1 amide bonds. The van der Waals surface area contributed by atoms with Crippen LogP contribution in [0.15, 0.2) is 36.7 Å². The normalized spacial score (nSPS) is 9.71. The lowest BCUT2D eigenvalue weighted by molar-refractivity contribution is 0.0963. The van der Waals surface area contributed by atoms with Crippen LogP contribution in [0.4, 0.5) is 5.82 Å². The summed E-state index contributed by atoms with van der Waals surface area (Å²) in [5, 5.41) is 14.6. The first-order valence-electron chi connectivity index (χ1n) is 6.50. The monoisotopic (exact) mass is 281 g/mol. The minimum Gasteiger partial charge on any atom is -0.367 e. The first-order chi connectivity index (χ1) is 10.2. The lowest BCUT2D eigenvalue weighted by Crippen LogP contribution is -2.18. The highest BCUT2D eigenvalue weighted by Crippen LogP contribution is 2.09. The van der Waals surface area contributed by atoms with E-state index >= 15 is 0 Å². The predicted molar refractivity (Wildman–Crippen MR) is 78.8 cm³/mol. The minimum absolute atomic E-state index is 0.106. The number of aromatic nitrogens is 2. The molecule has 2 N–H and O–H groups in total. The number of hydrogen-bond donors (Lipinski definition) is 2. The zero-order valence-corrected chi connectivity index (χ0v) is 11.6. The van der Waals surface area contributed by atoms with Crippen LogP contribution in [0.1, 0.15) is 21.6 Å². The topological polar surface area (TPSA) is 90.7 Å². The Bertz CT molecular complexity index is 678. The second kappa shape index (κ2) is 7.01. The Morgan fingerprint density at radius 3 is 2.90 bits per heavy atom. The van der Waals surface area contributed by atoms with Gasteiger partial charge in [0.15, 0.2) is 11.5 Å². The number of nitriles is 1. The van der Waals surface area contributed by atoms with Crippen molar-refractivity contribution in [2.45, 2.75) is 6.42 Å². The first-order valence-corrected chi connectivity index (χ1v) is 6.50. The van der Waals surface area contributed by atoms with Crippen LogP contribution < -0.4 is 10.6 Å². The van der Waals surface area contributed by atoms with E-state index in [-0.39, 0.29) is 11.6 Å². The predicted octanol–water partition coefficient (Wildman–Crippen LogP) is 1.36. The lowest BCUT2D eigenvalue weighted by Gasteiger charge is -2.07. The summed E-state index contributed by atoms with van der Waals surface area (Å²) in [4.78, 5) is 19.6. The molecular formula is C15H15N5O. The fourth-order valence-electron chi connectivity index (χ4n) is 1.89. The molecule has 106 valence electrons. The molecular weight excluding hydrogens is 266 g/mol. The van der Waals surface area contributed by atoms with Crippen molar-refractivity contribution in [1.29, 1.82) is 5.26 Å². The molecule has 0 aliphatic heterocycles. The summed E-state index contributed by atoms with van der Waals surface area (Å²) in [5.41, 5.74) is 1.94. The Morgan fingerprint density at radius 1 is 1.33 bits per heavy atom. The van der Waals surface area contributed by atoms with Gasteiger partial charge in [0.1, 0.15) is 6.07 Å². The van der Waals surface area contributed by atoms with Gasteiger partial charge in [0, 0.05) is 31.5 Å². The molecule has 0 saturated carbocycles. The standard InChI is InChI=1S/C15H15N5O/c1-17-15(21)12-4-2-3-11(9-12)5-6-19-14-13(10-16)18-7-8-20-14/h2-4,7-9H,5-6H2,1H3,(H,17,21)(H,19,20). The van der Waals surface area contributed by atoms with Crippen LogP contribution >= 0.6 is 0 Å². The van der Waals surface area contributed by atoms with Gasteiger partial charge < -0.3 is 10.6 Å². The number of benzene rings is 1. The molecule has 0 fully saturated rings. The molecule has 0 saturated heterocycles. The van der Waals surface area contributed by atoms with Gasteiger partial charge in [-0.2, -0.15) is 5.26 Å². The summed E-state index contributed by atoms with van der Waals surface area (Å²) in [5.74, 6) is 0.368. The van der Waals surface area contributed by atoms with Crippen molar-refractivity contribution < 1.29 is 4.79 Å². The van der Waals surface area contributed by atoms with Gasteiger partial charge >= 0.3 is 0 Å². The maximum Gasteiger partial charge on any atom is 0.251 e. The second-order valence-electron chi connectivity index (χ2n) is 4.32. The lowest BCUT2D eigenvalue weighted by atomic mass is 10.1. The zero-order valence-electron chi connectivity index (χ0n) is 11.6. The summed E-state index contributed by atoms with van der Waals surface area (Å²) in [6.07, 6.45) is 3.73. The molecule has 2 rings (SSSR count). The van der Waals surface area contributed by atoms with Crippen LogP contribution in [-0.2, 0) is 6.42 Å². The number of nitrogens with zero attached hydrogens (tertiary/aromatic N) is 3. The second-order valence-corrected chi connectivity index (χ2v) is 4.32. The van der Waals surface area contributed by atoms with E-state index in [1.54, 1.807) is 13.1 Å². The maximum absolute atomic E-state index is 11.6. The van der Waals surface area contributed by atoms with Crippen molar-refractivity contribution in [2.24, 2.45) is 0 Å². The van der Waals surface area contributed by atoms with Crippen molar-refractivity contribution in [3.63, 3.8) is 0 Å². The van der Waals surface area contributed by atoms with Gasteiger partial charge in [-0.25, -0.2) is 9.97 Å². The molecule has 0 aliphatic carbocycles. The fourth-order valence-corrected chi connectivity index (χ4v) is 1.89. The van der Waals surface area contributed by atoms with Crippen LogP contribution in [0.2, 0.25) is 0 Å². The van der Waals surface area contributed by atoms with Gasteiger partial charge in [0.25, 0.3) is 5.91 Å². The van der Waals surface area contributed by atoms with Crippen LogP contribution in [0.3, 0.4) is 0 Å². The largest absolute Gasteiger partial charge is 0.367 e. The van der Waals surface area contributed by atoms with Gasteiger partial charge in [-0.15, -0.1) is 0 Å². The van der Waals surface area contributed by atoms with E-state index in [9.17, 15) is 4.79 Å². The van der Waals surface area contributed by atoms with E-state index in [1.807, 2.05) is 24.3 Å². The Hall–Kier alpha value is -2.94. The number of hydrogen-bond acceptors (Lipinski definition) is 5. The third-order valence-electron chi connectivity index (χ3n) is 2.93. The highest BCUT2D eigenvalue weighted by Gasteiger charge is 2.05. The third-order valence-corrected chi connectivity index (χ3v) is 2.93. The third kappa shape index (κ3) is 3.76. The number of carbonyl (C=O) groups is 1. The van der Waals surface area contributed by atoms with Crippen molar-refractivity contribution in [1.82, 2.24) is 15.3 Å². The van der Waals surface area contributed by atoms with Gasteiger partial charge in [0.2, 0.25) is 0 Å². The Balaban J connectivity index is 1.98. The Morgan fingerprint density at radius 2 is 2.14 bits per heavy atom. The molecule has 6 heteroatoms. The van der Waals surface area contributed by atoms with Gasteiger partial charge in [-0.05, 0) is 24.1 Å². The number of carbonyl (C=O) groups excluding carboxylic acids is 1. The van der Waals surface area contributed by atoms with Gasteiger partial charge in [-0.1, -0.05) is 12.1 Å². The van der Waals surface area contributed by atoms with Crippen LogP contribution in [0.25, 0.3) is 0 Å². The molecule has 1 aromatic carbocycles. The van der Waals surface area contributed by atoms with Crippen LogP contribution in [-0.4, -0.2) is 29.5 Å². The molecule has 0 bridgehead atoms. The molecule has 0 radical (unpaired) electrons. The van der Waals surface area contributed by atoms with E-state index in [4.69, 9.17) is 5.26 Å². The highest BCUT2D eigenvalue weighted by molar-refractivity contribution is 5.94. The summed E-state index contributed by atoms with van der Waals surface area (Å²) in [6.45, 7) is 0.602. The van der Waals surface area contributed by atoms with E-state index in [0.717, 1.165) is 5.56 Å². The molecule has 1 aromatic heterocycles. The number of nitrogens with one attached hydrogen (secondary N) is 2. The Labute approximate surface area is 122 Å². The molecule has 21 heavy (non-hydrogen) atoms. The smallest absolute Gasteiger partial charge is 0.251 e. The fraction of sp³-hybridized carbons (Fsp3) is 0.200. The molecule has 0 atom stereocenters. The highest BCUT2D eigenvalue weighted by atomic mass is 16.1.